The average Bonchev–Trinajstić information content (AvgIpc) is 3.77. The van der Waals surface area contributed by atoms with Gasteiger partial charge in [0.15, 0.2) is 0 Å². The summed E-state index contributed by atoms with van der Waals surface area (Å²) in [6, 6.07) is 61.5. The summed E-state index contributed by atoms with van der Waals surface area (Å²) in [4.78, 5) is 2.52. The van der Waals surface area contributed by atoms with E-state index in [0.717, 1.165) is 34.3 Å². The lowest BCUT2D eigenvalue weighted by atomic mass is 9.43. The molecule has 5 aliphatic rings. The van der Waals surface area contributed by atoms with Crippen LogP contribution in [0.1, 0.15) is 55.7 Å². The summed E-state index contributed by atoms with van der Waals surface area (Å²) in [7, 11) is 0. The number of rotatable bonds is 6. The van der Waals surface area contributed by atoms with Gasteiger partial charge in [-0.25, -0.2) is 0 Å². The summed E-state index contributed by atoms with van der Waals surface area (Å²) in [6.07, 6.45) is 11.1. The Labute approximate surface area is 347 Å². The molecule has 0 amide bonds. The van der Waals surface area contributed by atoms with Gasteiger partial charge in [0.05, 0.1) is 11.0 Å². The highest BCUT2D eigenvalue weighted by atomic mass is 15.1. The van der Waals surface area contributed by atoms with Gasteiger partial charge in [-0.05, 0) is 167 Å². The Balaban J connectivity index is 1.07. The summed E-state index contributed by atoms with van der Waals surface area (Å²) < 4.78 is 2.41. The monoisotopic (exact) mass is 760 g/mol. The lowest BCUT2D eigenvalue weighted by Crippen LogP contribution is -2.55. The molecule has 0 radical (unpaired) electrons. The normalized spacial score (nSPS) is 23.2. The fourth-order valence-electron chi connectivity index (χ4n) is 12.8. The van der Waals surface area contributed by atoms with Crippen molar-refractivity contribution < 1.29 is 0 Å². The number of nitrogens with zero attached hydrogens (tertiary/aromatic N) is 2. The summed E-state index contributed by atoms with van der Waals surface area (Å²) >= 11 is 0. The van der Waals surface area contributed by atoms with Gasteiger partial charge in [-0.3, -0.25) is 0 Å². The van der Waals surface area contributed by atoms with Crippen molar-refractivity contribution in [2.45, 2.75) is 44.4 Å². The maximum Gasteiger partial charge on any atom is 0.0542 e. The molecule has 1 spiro atoms. The van der Waals surface area contributed by atoms with Crippen LogP contribution < -0.4 is 15.3 Å². The van der Waals surface area contributed by atoms with Crippen molar-refractivity contribution in [3.8, 4) is 16.8 Å². The molecule has 0 saturated heterocycles. The topological polar surface area (TPSA) is 8.17 Å². The Morgan fingerprint density at radius 1 is 0.576 bits per heavy atom. The summed E-state index contributed by atoms with van der Waals surface area (Å²) in [5, 5.41) is 4.93. The van der Waals surface area contributed by atoms with Gasteiger partial charge in [0.2, 0.25) is 0 Å². The zero-order valence-electron chi connectivity index (χ0n) is 33.7. The van der Waals surface area contributed by atoms with Crippen molar-refractivity contribution in [3.63, 3.8) is 0 Å². The van der Waals surface area contributed by atoms with Crippen molar-refractivity contribution in [1.82, 2.24) is 4.57 Å². The first-order valence-electron chi connectivity index (χ1n) is 21.8. The van der Waals surface area contributed by atoms with E-state index in [0.29, 0.717) is 11.8 Å². The molecule has 4 saturated carbocycles. The Kier molecular flexibility index (Phi) is 7.83. The fourth-order valence-corrected chi connectivity index (χ4v) is 12.8. The van der Waals surface area contributed by atoms with E-state index in [4.69, 9.17) is 0 Å². The molecule has 59 heavy (non-hydrogen) atoms. The molecule has 8 aromatic rings. The highest BCUT2D eigenvalue weighted by Gasteiger charge is 2.61. The van der Waals surface area contributed by atoms with E-state index in [9.17, 15) is 0 Å². The molecule has 1 heterocycles. The minimum absolute atomic E-state index is 0.0927. The van der Waals surface area contributed by atoms with E-state index in [1.165, 1.54) is 86.8 Å². The van der Waals surface area contributed by atoms with Crippen LogP contribution in [0.3, 0.4) is 0 Å². The second kappa shape index (κ2) is 13.3. The first kappa shape index (κ1) is 34.6. The number of hydrogen-bond acceptors (Lipinski definition) is 1. The molecule has 0 N–H and O–H groups in total. The predicted molar refractivity (Wildman–Crippen MR) is 247 cm³/mol. The van der Waals surface area contributed by atoms with Gasteiger partial charge in [-0.15, -0.1) is 0 Å². The third kappa shape index (κ3) is 5.05. The molecular formula is C57H48N2. The summed E-state index contributed by atoms with van der Waals surface area (Å²) in [5.41, 5.74) is 15.6. The minimum atomic E-state index is 0.0927. The Morgan fingerprint density at radius 3 is 1.98 bits per heavy atom. The number of fused-ring (bicyclic) bond motifs is 6. The van der Waals surface area contributed by atoms with Gasteiger partial charge < -0.3 is 9.47 Å². The van der Waals surface area contributed by atoms with Gasteiger partial charge in [0, 0.05) is 38.9 Å². The van der Waals surface area contributed by atoms with Gasteiger partial charge in [0.1, 0.15) is 0 Å². The molecule has 286 valence electrons. The third-order valence-corrected chi connectivity index (χ3v) is 14.9. The molecule has 2 nitrogen and oxygen atoms in total. The van der Waals surface area contributed by atoms with Gasteiger partial charge in [-0.2, -0.15) is 0 Å². The van der Waals surface area contributed by atoms with Crippen LogP contribution in [0.2, 0.25) is 0 Å². The highest BCUT2D eigenvalue weighted by molar-refractivity contribution is 6.10. The Hall–Kier alpha value is -6.38. The number of allylic oxidation sites excluding steroid dienone is 1. The van der Waals surface area contributed by atoms with Crippen molar-refractivity contribution in [3.05, 3.63) is 204 Å². The second-order valence-electron chi connectivity index (χ2n) is 17.7. The van der Waals surface area contributed by atoms with E-state index < -0.39 is 0 Å². The molecule has 7 aromatic carbocycles. The lowest BCUT2D eigenvalue weighted by Gasteiger charge is -2.61. The van der Waals surface area contributed by atoms with E-state index in [-0.39, 0.29) is 5.41 Å². The van der Waals surface area contributed by atoms with Crippen LogP contribution in [0.5, 0.6) is 0 Å². The SMILES string of the molecule is C=C/C(c1ccc(N(c2ccc3c(c2)C2(c4ccccc4-3)C3CC4CC(C3)CC2C4)c2ccc3c(c2)c2ccccc2n3-c2ccccc2)cc1)=c1/cccc/c1=C/C. The number of aromatic nitrogens is 1. The molecular weight excluding hydrogens is 713 g/mol. The lowest BCUT2D eigenvalue weighted by molar-refractivity contribution is -0.0399. The first-order chi connectivity index (χ1) is 29.1. The Bertz CT molecular complexity index is 3060. The van der Waals surface area contributed by atoms with Gasteiger partial charge >= 0.3 is 0 Å². The largest absolute Gasteiger partial charge is 0.310 e. The molecule has 4 fully saturated rings. The van der Waals surface area contributed by atoms with Crippen LogP contribution in [0.25, 0.3) is 50.3 Å². The second-order valence-corrected chi connectivity index (χ2v) is 17.7. The van der Waals surface area contributed by atoms with Gasteiger partial charge in [0.25, 0.3) is 0 Å². The fraction of sp³-hybridized carbons (Fsp3) is 0.193. The van der Waals surface area contributed by atoms with Crippen LogP contribution in [0.15, 0.2) is 176 Å². The predicted octanol–water partition coefficient (Wildman–Crippen LogP) is 13.2. The van der Waals surface area contributed by atoms with Crippen LogP contribution in [-0.2, 0) is 5.41 Å². The highest BCUT2D eigenvalue weighted by Crippen LogP contribution is 2.69. The molecule has 5 aliphatic carbocycles. The standard InChI is InChI=1S/C57H48N2/c1-3-39-14-8-9-17-48(39)47(4-2)40-22-24-44(25-23-40)58(45-27-29-56-52(35-45)51-19-11-13-21-55(51)59(56)43-15-6-5-7-16-43)46-26-28-50-49-18-10-12-20-53(49)57(54(50)36-46)41-31-37-30-38(33-41)34-42(57)32-37/h3-29,35-38,41-42H,2,30-34H2,1H3/b39-3-,48-47+. The number of hydrogen-bond donors (Lipinski definition) is 0. The van der Waals surface area contributed by atoms with Gasteiger partial charge in [-0.1, -0.05) is 122 Å². The first-order valence-corrected chi connectivity index (χ1v) is 21.8. The smallest absolute Gasteiger partial charge is 0.0542 e. The summed E-state index contributed by atoms with van der Waals surface area (Å²) in [6.45, 7) is 6.39. The van der Waals surface area contributed by atoms with Crippen LogP contribution in [-0.4, -0.2) is 4.57 Å². The number of anilines is 3. The number of benzene rings is 7. The van der Waals surface area contributed by atoms with E-state index in [1.54, 1.807) is 11.1 Å². The molecule has 13 rings (SSSR count). The molecule has 2 heteroatoms. The molecule has 0 unspecified atom stereocenters. The van der Waals surface area contributed by atoms with Crippen molar-refractivity contribution in [2.75, 3.05) is 4.90 Å². The third-order valence-electron chi connectivity index (χ3n) is 14.9. The van der Waals surface area contributed by atoms with Crippen LogP contribution in [0, 0.1) is 23.7 Å². The van der Waals surface area contributed by atoms with E-state index in [1.807, 2.05) is 6.08 Å². The maximum atomic E-state index is 4.28. The molecule has 4 bridgehead atoms. The summed E-state index contributed by atoms with van der Waals surface area (Å²) in [5.74, 6) is 3.23. The Morgan fingerprint density at radius 2 is 1.20 bits per heavy atom. The van der Waals surface area contributed by atoms with Crippen LogP contribution >= 0.6 is 0 Å². The van der Waals surface area contributed by atoms with E-state index >= 15 is 0 Å². The van der Waals surface area contributed by atoms with Crippen LogP contribution in [0.4, 0.5) is 17.1 Å². The number of para-hydroxylation sites is 2. The zero-order valence-corrected chi connectivity index (χ0v) is 33.7. The van der Waals surface area contributed by atoms with Crippen molar-refractivity contribution in [1.29, 1.82) is 0 Å². The quantitative estimate of drug-likeness (QED) is 0.164. The average molecular weight is 761 g/mol. The van der Waals surface area contributed by atoms with Crippen molar-refractivity contribution in [2.24, 2.45) is 23.7 Å². The van der Waals surface area contributed by atoms with Crippen molar-refractivity contribution >= 4 is 50.5 Å². The zero-order chi connectivity index (χ0) is 39.2. The molecule has 0 atom stereocenters. The molecule has 1 aromatic heterocycles. The van der Waals surface area contributed by atoms with E-state index in [2.05, 4.69) is 193 Å². The maximum absolute atomic E-state index is 4.28. The molecule has 0 aliphatic heterocycles. The minimum Gasteiger partial charge on any atom is -0.310 e.